The molecule has 1 aromatic rings. The van der Waals surface area contributed by atoms with Gasteiger partial charge in [0.15, 0.2) is 15.6 Å². The first kappa shape index (κ1) is 13.0. The molecule has 0 N–H and O–H groups in total. The lowest BCUT2D eigenvalue weighted by molar-refractivity contribution is -0.106. The molecule has 90 valence electrons. The molecule has 0 aromatic heterocycles. The molecule has 0 heterocycles. The van der Waals surface area contributed by atoms with E-state index in [9.17, 15) is 21.6 Å². The molecule has 0 bridgehead atoms. The molecule has 0 radical (unpaired) electrons. The third kappa shape index (κ3) is 3.52. The average molecular weight is 252 g/mol. The minimum atomic E-state index is -4.71. The van der Waals surface area contributed by atoms with E-state index >= 15 is 0 Å². The van der Waals surface area contributed by atoms with Gasteiger partial charge in [0.25, 0.3) is 0 Å². The van der Waals surface area contributed by atoms with Gasteiger partial charge in [-0.25, -0.2) is 8.42 Å². The molecule has 1 rings (SSSR count). The van der Waals surface area contributed by atoms with E-state index in [1.165, 1.54) is 24.3 Å². The van der Waals surface area contributed by atoms with Gasteiger partial charge in [0.05, 0.1) is 4.90 Å². The molecule has 16 heavy (non-hydrogen) atoms. The number of benzene rings is 1. The molecular weight excluding hydrogens is 241 g/mol. The van der Waals surface area contributed by atoms with Crippen molar-refractivity contribution in [3.05, 3.63) is 29.8 Å². The van der Waals surface area contributed by atoms with E-state index < -0.39 is 21.8 Å². The summed E-state index contributed by atoms with van der Waals surface area (Å²) >= 11 is 0. The van der Waals surface area contributed by atoms with Crippen LogP contribution >= 0.6 is 0 Å². The zero-order valence-electron chi connectivity index (χ0n) is 8.58. The molecule has 0 saturated heterocycles. The summed E-state index contributed by atoms with van der Waals surface area (Å²) in [6, 6.07) is 5.45. The first-order valence-corrected chi connectivity index (χ1v) is 6.28. The molecule has 0 aliphatic rings. The van der Waals surface area contributed by atoms with Gasteiger partial charge in [-0.05, 0) is 24.1 Å². The Morgan fingerprint density at radius 1 is 1.12 bits per heavy atom. The highest BCUT2D eigenvalue weighted by molar-refractivity contribution is 7.91. The number of aryl methyl sites for hydroxylation is 1. The first-order valence-electron chi connectivity index (χ1n) is 4.63. The predicted octanol–water partition coefficient (Wildman–Crippen LogP) is 2.59. The Morgan fingerprint density at radius 3 is 2.00 bits per heavy atom. The van der Waals surface area contributed by atoms with E-state index in [0.29, 0.717) is 6.42 Å². The van der Waals surface area contributed by atoms with Crippen molar-refractivity contribution in [3.63, 3.8) is 0 Å². The highest BCUT2D eigenvalue weighted by Crippen LogP contribution is 2.22. The highest BCUT2D eigenvalue weighted by atomic mass is 32.2. The Balaban J connectivity index is 2.99. The molecule has 0 aliphatic carbocycles. The Kier molecular flexibility index (Phi) is 3.62. The second kappa shape index (κ2) is 4.45. The van der Waals surface area contributed by atoms with Crippen LogP contribution < -0.4 is 0 Å². The van der Waals surface area contributed by atoms with Crippen molar-refractivity contribution < 1.29 is 21.6 Å². The number of alkyl halides is 3. The van der Waals surface area contributed by atoms with Gasteiger partial charge < -0.3 is 0 Å². The van der Waals surface area contributed by atoms with Gasteiger partial charge >= 0.3 is 6.18 Å². The van der Waals surface area contributed by atoms with Crippen LogP contribution in [0.4, 0.5) is 13.2 Å². The summed E-state index contributed by atoms with van der Waals surface area (Å²) in [5, 5.41) is 0. The van der Waals surface area contributed by atoms with Gasteiger partial charge in [0.2, 0.25) is 0 Å². The summed E-state index contributed by atoms with van der Waals surface area (Å²) < 4.78 is 58.7. The van der Waals surface area contributed by atoms with Crippen molar-refractivity contribution in [2.75, 3.05) is 5.75 Å². The van der Waals surface area contributed by atoms with Crippen molar-refractivity contribution in [1.82, 2.24) is 0 Å². The number of hydrogen-bond donors (Lipinski definition) is 0. The quantitative estimate of drug-likeness (QED) is 0.828. The Hall–Kier alpha value is -1.04. The molecule has 0 unspecified atom stereocenters. The molecular formula is C10H11F3O2S. The lowest BCUT2D eigenvalue weighted by Crippen LogP contribution is -2.22. The van der Waals surface area contributed by atoms with Gasteiger partial charge in [-0.3, -0.25) is 0 Å². The molecule has 0 fully saturated rings. The van der Waals surface area contributed by atoms with Crippen molar-refractivity contribution in [2.24, 2.45) is 0 Å². The first-order chi connectivity index (χ1) is 7.24. The topological polar surface area (TPSA) is 34.1 Å². The van der Waals surface area contributed by atoms with E-state index in [1.54, 1.807) is 0 Å². The predicted molar refractivity (Wildman–Crippen MR) is 53.9 cm³/mol. The minimum Gasteiger partial charge on any atom is -0.223 e. The molecule has 6 heteroatoms. The van der Waals surface area contributed by atoms with Crippen LogP contribution in [-0.4, -0.2) is 20.3 Å². The van der Waals surface area contributed by atoms with Gasteiger partial charge in [-0.15, -0.1) is 0 Å². The van der Waals surface area contributed by atoms with Crippen LogP contribution in [-0.2, 0) is 16.3 Å². The largest absolute Gasteiger partial charge is 0.403 e. The summed E-state index contributed by atoms with van der Waals surface area (Å²) in [7, 11) is -4.27. The van der Waals surface area contributed by atoms with Gasteiger partial charge in [-0.2, -0.15) is 13.2 Å². The summed E-state index contributed by atoms with van der Waals surface area (Å²) in [6.07, 6.45) is -4.00. The molecule has 0 spiro atoms. The van der Waals surface area contributed by atoms with Crippen molar-refractivity contribution in [1.29, 1.82) is 0 Å². The Labute approximate surface area is 92.0 Å². The number of halogens is 3. The van der Waals surface area contributed by atoms with E-state index in [2.05, 4.69) is 0 Å². The summed E-state index contributed by atoms with van der Waals surface area (Å²) in [5.74, 6) is -1.81. The van der Waals surface area contributed by atoms with Gasteiger partial charge in [0, 0.05) is 0 Å². The Morgan fingerprint density at radius 2 is 1.62 bits per heavy atom. The van der Waals surface area contributed by atoms with Crippen LogP contribution in [0.3, 0.4) is 0 Å². The molecule has 1 aromatic carbocycles. The molecule has 0 amide bonds. The fraction of sp³-hybridized carbons (Fsp3) is 0.400. The van der Waals surface area contributed by atoms with E-state index in [0.717, 1.165) is 5.56 Å². The van der Waals surface area contributed by atoms with E-state index in [4.69, 9.17) is 0 Å². The smallest absolute Gasteiger partial charge is 0.223 e. The monoisotopic (exact) mass is 252 g/mol. The fourth-order valence-electron chi connectivity index (χ4n) is 1.23. The van der Waals surface area contributed by atoms with Crippen LogP contribution in [0.2, 0.25) is 0 Å². The second-order valence-corrected chi connectivity index (χ2v) is 5.36. The highest BCUT2D eigenvalue weighted by Gasteiger charge is 2.35. The van der Waals surface area contributed by atoms with Gasteiger partial charge in [-0.1, -0.05) is 19.1 Å². The van der Waals surface area contributed by atoms with E-state index in [-0.39, 0.29) is 4.90 Å². The van der Waals surface area contributed by atoms with Crippen molar-refractivity contribution in [3.8, 4) is 0 Å². The lowest BCUT2D eigenvalue weighted by atomic mass is 10.2. The maximum absolute atomic E-state index is 12.0. The van der Waals surface area contributed by atoms with Crippen molar-refractivity contribution >= 4 is 9.84 Å². The number of sulfone groups is 1. The SMILES string of the molecule is CCc1ccc(S(=O)(=O)CC(F)(F)F)cc1. The third-order valence-corrected chi connectivity index (χ3v) is 3.74. The molecule has 0 saturated carbocycles. The number of hydrogen-bond acceptors (Lipinski definition) is 2. The van der Waals surface area contributed by atoms with Gasteiger partial charge in [0.1, 0.15) is 0 Å². The summed E-state index contributed by atoms with van der Waals surface area (Å²) in [5.41, 5.74) is 0.881. The Bertz CT molecular complexity index is 446. The lowest BCUT2D eigenvalue weighted by Gasteiger charge is -2.08. The van der Waals surface area contributed by atoms with Crippen molar-refractivity contribution in [2.45, 2.75) is 24.4 Å². The number of rotatable bonds is 3. The minimum absolute atomic E-state index is 0.290. The average Bonchev–Trinajstić information content (AvgIpc) is 2.14. The van der Waals surface area contributed by atoms with Crippen LogP contribution in [0.1, 0.15) is 12.5 Å². The zero-order valence-corrected chi connectivity index (χ0v) is 9.40. The molecule has 2 nitrogen and oxygen atoms in total. The standard InChI is InChI=1S/C10H11F3O2S/c1-2-8-3-5-9(6-4-8)16(14,15)7-10(11,12)13/h3-6H,2,7H2,1H3. The third-order valence-electron chi connectivity index (χ3n) is 2.04. The molecule has 0 atom stereocenters. The van der Waals surface area contributed by atoms with Crippen LogP contribution in [0.5, 0.6) is 0 Å². The summed E-state index contributed by atoms with van der Waals surface area (Å²) in [4.78, 5) is -0.290. The maximum Gasteiger partial charge on any atom is 0.403 e. The van der Waals surface area contributed by atoms with E-state index in [1.807, 2.05) is 6.92 Å². The van der Waals surface area contributed by atoms with Crippen LogP contribution in [0.25, 0.3) is 0 Å². The van der Waals surface area contributed by atoms with Crippen LogP contribution in [0.15, 0.2) is 29.2 Å². The normalized spacial score (nSPS) is 12.8. The summed E-state index contributed by atoms with van der Waals surface area (Å²) in [6.45, 7) is 1.87. The fourth-order valence-corrected chi connectivity index (χ4v) is 2.38. The molecule has 0 aliphatic heterocycles. The van der Waals surface area contributed by atoms with Crippen LogP contribution in [0, 0.1) is 0 Å². The second-order valence-electron chi connectivity index (χ2n) is 3.37. The zero-order chi connectivity index (χ0) is 12.4. The maximum atomic E-state index is 12.0.